The number of thioether (sulfide) groups is 1. The normalized spacial score (nSPS) is 16.2. The molecular formula is C21H28F3N5OS. The van der Waals surface area contributed by atoms with Crippen LogP contribution in [-0.2, 0) is 17.5 Å². The number of amides is 1. The van der Waals surface area contributed by atoms with Gasteiger partial charge in [-0.25, -0.2) is 0 Å². The van der Waals surface area contributed by atoms with Gasteiger partial charge in [-0.2, -0.15) is 13.2 Å². The van der Waals surface area contributed by atoms with E-state index in [2.05, 4.69) is 25.4 Å². The second-order valence-corrected chi connectivity index (χ2v) is 8.96. The summed E-state index contributed by atoms with van der Waals surface area (Å²) in [5.41, 5.74) is -0.323. The first kappa shape index (κ1) is 23.4. The number of rotatable bonds is 8. The largest absolute Gasteiger partial charge is 0.416 e. The van der Waals surface area contributed by atoms with Crippen LogP contribution in [0.1, 0.15) is 63.4 Å². The average Bonchev–Trinajstić information content (AvgIpc) is 3.15. The second kappa shape index (κ2) is 10.4. The molecule has 1 aromatic carbocycles. The van der Waals surface area contributed by atoms with Crippen molar-refractivity contribution in [2.45, 2.75) is 75.1 Å². The fourth-order valence-electron chi connectivity index (χ4n) is 3.73. The Kier molecular flexibility index (Phi) is 7.85. The van der Waals surface area contributed by atoms with E-state index < -0.39 is 11.7 Å². The smallest absolute Gasteiger partial charge is 0.378 e. The van der Waals surface area contributed by atoms with E-state index in [1.54, 1.807) is 6.07 Å². The van der Waals surface area contributed by atoms with E-state index in [1.807, 2.05) is 13.8 Å². The molecule has 1 fully saturated rings. The molecule has 1 aliphatic rings. The van der Waals surface area contributed by atoms with Gasteiger partial charge in [0, 0.05) is 18.3 Å². The Morgan fingerprint density at radius 1 is 1.26 bits per heavy atom. The molecule has 0 aliphatic heterocycles. The van der Waals surface area contributed by atoms with Crippen molar-refractivity contribution >= 4 is 23.4 Å². The number of benzene rings is 1. The molecule has 2 aromatic rings. The SMILES string of the molecule is CCNC(=O)C(C)Sc1nnc(CNc2cccc(C(F)(F)F)c2)n1C1CCCCC1. The van der Waals surface area contributed by atoms with Crippen molar-refractivity contribution in [2.24, 2.45) is 0 Å². The molecule has 6 nitrogen and oxygen atoms in total. The van der Waals surface area contributed by atoms with E-state index in [1.165, 1.54) is 24.2 Å². The van der Waals surface area contributed by atoms with E-state index in [9.17, 15) is 18.0 Å². The quantitative estimate of drug-likeness (QED) is 0.546. The second-order valence-electron chi connectivity index (χ2n) is 7.65. The van der Waals surface area contributed by atoms with E-state index in [0.29, 0.717) is 23.2 Å². The van der Waals surface area contributed by atoms with Crippen LogP contribution < -0.4 is 10.6 Å². The number of anilines is 1. The maximum atomic E-state index is 13.0. The van der Waals surface area contributed by atoms with E-state index in [-0.39, 0.29) is 23.7 Å². The highest BCUT2D eigenvalue weighted by Crippen LogP contribution is 2.34. The number of aromatic nitrogens is 3. The van der Waals surface area contributed by atoms with Crippen molar-refractivity contribution < 1.29 is 18.0 Å². The standard InChI is InChI=1S/C21H28F3N5OS/c1-3-25-19(30)14(2)31-20-28-27-18(29(20)17-10-5-4-6-11-17)13-26-16-9-7-8-15(12-16)21(22,23)24/h7-9,12,14,17,26H,3-6,10-11,13H2,1-2H3,(H,25,30). The fourth-order valence-corrected chi connectivity index (χ4v) is 4.69. The summed E-state index contributed by atoms with van der Waals surface area (Å²) in [5.74, 6) is 0.601. The Hall–Kier alpha value is -2.23. The third-order valence-corrected chi connectivity index (χ3v) is 6.37. The van der Waals surface area contributed by atoms with Gasteiger partial charge >= 0.3 is 6.18 Å². The van der Waals surface area contributed by atoms with Gasteiger partial charge in [-0.05, 0) is 44.9 Å². The summed E-state index contributed by atoms with van der Waals surface area (Å²) in [4.78, 5) is 12.2. The number of carbonyl (C=O) groups excluding carboxylic acids is 1. The van der Waals surface area contributed by atoms with Gasteiger partial charge < -0.3 is 15.2 Å². The molecule has 1 aromatic heterocycles. The van der Waals surface area contributed by atoms with Crippen molar-refractivity contribution in [1.29, 1.82) is 0 Å². The summed E-state index contributed by atoms with van der Waals surface area (Å²) >= 11 is 1.36. The molecule has 3 rings (SSSR count). The number of nitrogens with one attached hydrogen (secondary N) is 2. The van der Waals surface area contributed by atoms with Crippen molar-refractivity contribution in [2.75, 3.05) is 11.9 Å². The molecule has 1 amide bonds. The first-order valence-electron chi connectivity index (χ1n) is 10.6. The van der Waals surface area contributed by atoms with Crippen LogP contribution in [0.3, 0.4) is 0 Å². The number of halogens is 3. The van der Waals surface area contributed by atoms with Crippen LogP contribution in [0, 0.1) is 0 Å². The Morgan fingerprint density at radius 3 is 2.68 bits per heavy atom. The first-order valence-corrected chi connectivity index (χ1v) is 11.5. The predicted molar refractivity (Wildman–Crippen MR) is 115 cm³/mol. The third-order valence-electron chi connectivity index (χ3n) is 5.32. The van der Waals surface area contributed by atoms with Crippen LogP contribution in [0.2, 0.25) is 0 Å². The number of carbonyl (C=O) groups is 1. The molecule has 170 valence electrons. The van der Waals surface area contributed by atoms with Crippen molar-refractivity contribution in [3.8, 4) is 0 Å². The maximum absolute atomic E-state index is 13.0. The van der Waals surface area contributed by atoms with Crippen LogP contribution in [0.5, 0.6) is 0 Å². The molecule has 1 aliphatic carbocycles. The number of hydrogen-bond donors (Lipinski definition) is 2. The van der Waals surface area contributed by atoms with Crippen LogP contribution >= 0.6 is 11.8 Å². The zero-order chi connectivity index (χ0) is 22.4. The van der Waals surface area contributed by atoms with Gasteiger partial charge in [0.2, 0.25) is 5.91 Å². The third kappa shape index (κ3) is 6.15. The summed E-state index contributed by atoms with van der Waals surface area (Å²) in [6, 6.07) is 5.35. The van der Waals surface area contributed by atoms with Gasteiger partial charge in [-0.1, -0.05) is 37.1 Å². The molecule has 31 heavy (non-hydrogen) atoms. The lowest BCUT2D eigenvalue weighted by atomic mass is 9.95. The zero-order valence-corrected chi connectivity index (χ0v) is 18.5. The molecule has 2 N–H and O–H groups in total. The molecule has 1 saturated carbocycles. The first-order chi connectivity index (χ1) is 14.8. The van der Waals surface area contributed by atoms with Gasteiger partial charge in [0.05, 0.1) is 17.4 Å². The summed E-state index contributed by atoms with van der Waals surface area (Å²) in [5, 5.41) is 14.8. The lowest BCUT2D eigenvalue weighted by molar-refractivity contribution is -0.137. The molecule has 1 heterocycles. The zero-order valence-electron chi connectivity index (χ0n) is 17.7. The molecule has 0 bridgehead atoms. The Labute approximate surface area is 184 Å². The Morgan fingerprint density at radius 2 is 2.00 bits per heavy atom. The van der Waals surface area contributed by atoms with Crippen molar-refractivity contribution in [3.05, 3.63) is 35.7 Å². The molecule has 10 heteroatoms. The summed E-state index contributed by atoms with van der Waals surface area (Å²) < 4.78 is 41.0. The summed E-state index contributed by atoms with van der Waals surface area (Å²) in [7, 11) is 0. The summed E-state index contributed by atoms with van der Waals surface area (Å²) in [6.07, 6.45) is 1.01. The van der Waals surface area contributed by atoms with Crippen LogP contribution in [0.4, 0.5) is 18.9 Å². The van der Waals surface area contributed by atoms with Gasteiger partial charge in [0.15, 0.2) is 11.0 Å². The maximum Gasteiger partial charge on any atom is 0.416 e. The molecule has 1 atom stereocenters. The topological polar surface area (TPSA) is 71.8 Å². The number of nitrogens with zero attached hydrogens (tertiary/aromatic N) is 3. The van der Waals surface area contributed by atoms with Crippen molar-refractivity contribution in [1.82, 2.24) is 20.1 Å². The molecule has 0 saturated heterocycles. The van der Waals surface area contributed by atoms with Gasteiger partial charge in [0.1, 0.15) is 0 Å². The minimum atomic E-state index is -4.39. The minimum Gasteiger partial charge on any atom is -0.378 e. The van der Waals surface area contributed by atoms with Crippen molar-refractivity contribution in [3.63, 3.8) is 0 Å². The minimum absolute atomic E-state index is 0.0608. The number of hydrogen-bond acceptors (Lipinski definition) is 5. The molecular weight excluding hydrogens is 427 g/mol. The molecule has 0 radical (unpaired) electrons. The highest BCUT2D eigenvalue weighted by molar-refractivity contribution is 8.00. The lowest BCUT2D eigenvalue weighted by Crippen LogP contribution is -2.31. The monoisotopic (exact) mass is 455 g/mol. The average molecular weight is 456 g/mol. The van der Waals surface area contributed by atoms with E-state index in [4.69, 9.17) is 0 Å². The lowest BCUT2D eigenvalue weighted by Gasteiger charge is -2.26. The van der Waals surface area contributed by atoms with Gasteiger partial charge in [-0.15, -0.1) is 10.2 Å². The highest BCUT2D eigenvalue weighted by atomic mass is 32.2. The van der Waals surface area contributed by atoms with Crippen LogP contribution in [0.25, 0.3) is 0 Å². The molecule has 1 unspecified atom stereocenters. The number of alkyl halides is 3. The van der Waals surface area contributed by atoms with Crippen LogP contribution in [0.15, 0.2) is 29.4 Å². The highest BCUT2D eigenvalue weighted by Gasteiger charge is 2.30. The van der Waals surface area contributed by atoms with Crippen LogP contribution in [-0.4, -0.2) is 32.5 Å². The van der Waals surface area contributed by atoms with Gasteiger partial charge in [0.25, 0.3) is 0 Å². The Bertz CT molecular complexity index is 880. The molecule has 0 spiro atoms. The van der Waals surface area contributed by atoms with E-state index in [0.717, 1.165) is 37.8 Å². The predicted octanol–water partition coefficient (Wildman–Crippen LogP) is 5.03. The fraction of sp³-hybridized carbons (Fsp3) is 0.571. The van der Waals surface area contributed by atoms with Gasteiger partial charge in [-0.3, -0.25) is 4.79 Å². The van der Waals surface area contributed by atoms with E-state index >= 15 is 0 Å². The Balaban J connectivity index is 1.79. The summed E-state index contributed by atoms with van der Waals surface area (Å²) in [6.45, 7) is 4.51.